The lowest BCUT2D eigenvalue weighted by Crippen LogP contribution is -2.14. The molecule has 2 aromatic heterocycles. The van der Waals surface area contributed by atoms with Crippen molar-refractivity contribution in [2.24, 2.45) is 7.05 Å². The van der Waals surface area contributed by atoms with E-state index >= 15 is 0 Å². The molecule has 4 rings (SSSR count). The number of anilines is 1. The van der Waals surface area contributed by atoms with Gasteiger partial charge in [-0.1, -0.05) is 53.7 Å². The highest BCUT2D eigenvalue weighted by Crippen LogP contribution is 2.32. The molecule has 0 aliphatic rings. The van der Waals surface area contributed by atoms with Crippen LogP contribution in [0.1, 0.15) is 6.92 Å². The van der Waals surface area contributed by atoms with Crippen LogP contribution in [0.2, 0.25) is 5.02 Å². The number of halogens is 1. The highest BCUT2D eigenvalue weighted by Gasteiger charge is 2.20. The molecule has 4 aromatic rings. The Morgan fingerprint density at radius 3 is 2.55 bits per heavy atom. The molecule has 0 unspecified atom stereocenters. The first kappa shape index (κ1) is 21.1. The Balaban J connectivity index is 1.56. The third kappa shape index (κ3) is 4.81. The van der Waals surface area contributed by atoms with Gasteiger partial charge in [-0.15, -0.1) is 10.2 Å². The summed E-state index contributed by atoms with van der Waals surface area (Å²) in [6.07, 6.45) is 1.93. The number of nitrogens with zero attached hydrogens (tertiary/aromatic N) is 5. The molecular formula is C22H21ClN6OS. The van der Waals surface area contributed by atoms with Crippen LogP contribution in [0.15, 0.2) is 66.0 Å². The first-order valence-corrected chi connectivity index (χ1v) is 11.1. The second kappa shape index (κ2) is 9.36. The van der Waals surface area contributed by atoms with E-state index in [9.17, 15) is 4.79 Å². The summed E-state index contributed by atoms with van der Waals surface area (Å²) in [5.41, 5.74) is 3.40. The van der Waals surface area contributed by atoms with Crippen molar-refractivity contribution < 1.29 is 4.79 Å². The van der Waals surface area contributed by atoms with Crippen LogP contribution in [0.4, 0.5) is 5.69 Å². The van der Waals surface area contributed by atoms with Crippen molar-refractivity contribution in [1.29, 1.82) is 0 Å². The Morgan fingerprint density at radius 1 is 1.10 bits per heavy atom. The minimum Gasteiger partial charge on any atom is -0.325 e. The molecule has 0 spiro atoms. The van der Waals surface area contributed by atoms with Gasteiger partial charge in [-0.05, 0) is 31.2 Å². The van der Waals surface area contributed by atoms with E-state index in [0.29, 0.717) is 22.5 Å². The van der Waals surface area contributed by atoms with Crippen LogP contribution in [-0.2, 0) is 18.4 Å². The van der Waals surface area contributed by atoms with E-state index < -0.39 is 0 Å². The predicted molar refractivity (Wildman–Crippen MR) is 124 cm³/mol. The number of para-hydroxylation sites is 1. The van der Waals surface area contributed by atoms with Gasteiger partial charge in [-0.25, -0.2) is 0 Å². The molecule has 158 valence electrons. The third-order valence-corrected chi connectivity index (χ3v) is 5.83. The summed E-state index contributed by atoms with van der Waals surface area (Å²) >= 11 is 7.39. The topological polar surface area (TPSA) is 77.6 Å². The van der Waals surface area contributed by atoms with Crippen molar-refractivity contribution in [3.8, 4) is 22.6 Å². The van der Waals surface area contributed by atoms with Crippen molar-refractivity contribution in [2.45, 2.75) is 18.6 Å². The Kier molecular flexibility index (Phi) is 6.39. The molecule has 1 N–H and O–H groups in total. The second-order valence-electron chi connectivity index (χ2n) is 6.83. The van der Waals surface area contributed by atoms with Gasteiger partial charge in [0.15, 0.2) is 11.0 Å². The maximum absolute atomic E-state index is 12.3. The van der Waals surface area contributed by atoms with Gasteiger partial charge in [0, 0.05) is 36.1 Å². The standard InChI is InChI=1S/C22H21ClN6OS/c1-3-29-21(18-13-28(2)27-20(18)15-9-11-16(23)12-10-15)25-26-22(29)31-14-19(30)24-17-7-5-4-6-8-17/h4-13H,3,14H2,1-2H3,(H,24,30). The zero-order valence-electron chi connectivity index (χ0n) is 17.1. The van der Waals surface area contributed by atoms with Gasteiger partial charge in [0.05, 0.1) is 11.3 Å². The number of carbonyl (C=O) groups excluding carboxylic acids is 1. The fraction of sp³-hybridized carbons (Fsp3) is 0.182. The van der Waals surface area contributed by atoms with Crippen molar-refractivity contribution in [3.05, 3.63) is 65.8 Å². The van der Waals surface area contributed by atoms with Crippen LogP contribution in [0.5, 0.6) is 0 Å². The summed E-state index contributed by atoms with van der Waals surface area (Å²) in [4.78, 5) is 12.3. The van der Waals surface area contributed by atoms with Gasteiger partial charge in [0.1, 0.15) is 5.69 Å². The van der Waals surface area contributed by atoms with E-state index in [1.54, 1.807) is 4.68 Å². The molecular weight excluding hydrogens is 432 g/mol. The number of aromatic nitrogens is 5. The van der Waals surface area contributed by atoms with Crippen LogP contribution < -0.4 is 5.32 Å². The van der Waals surface area contributed by atoms with E-state index in [1.807, 2.05) is 79.3 Å². The fourth-order valence-electron chi connectivity index (χ4n) is 3.20. The van der Waals surface area contributed by atoms with Crippen LogP contribution >= 0.6 is 23.4 Å². The first-order chi connectivity index (χ1) is 15.0. The number of thioether (sulfide) groups is 1. The van der Waals surface area contributed by atoms with Crippen LogP contribution in [-0.4, -0.2) is 36.2 Å². The third-order valence-electron chi connectivity index (χ3n) is 4.61. The number of nitrogens with one attached hydrogen (secondary N) is 1. The number of hydrogen-bond donors (Lipinski definition) is 1. The zero-order valence-corrected chi connectivity index (χ0v) is 18.7. The molecule has 7 nitrogen and oxygen atoms in total. The molecule has 9 heteroatoms. The lowest BCUT2D eigenvalue weighted by Gasteiger charge is -2.08. The highest BCUT2D eigenvalue weighted by molar-refractivity contribution is 7.99. The predicted octanol–water partition coefficient (Wildman–Crippen LogP) is 4.75. The molecule has 2 heterocycles. The summed E-state index contributed by atoms with van der Waals surface area (Å²) in [6, 6.07) is 16.9. The monoisotopic (exact) mass is 452 g/mol. The summed E-state index contributed by atoms with van der Waals surface area (Å²) in [5.74, 6) is 0.863. The molecule has 0 bridgehead atoms. The molecule has 0 fully saturated rings. The minimum atomic E-state index is -0.0911. The maximum Gasteiger partial charge on any atom is 0.234 e. The van der Waals surface area contributed by atoms with Crippen molar-refractivity contribution in [2.75, 3.05) is 11.1 Å². The van der Waals surface area contributed by atoms with E-state index in [0.717, 1.165) is 22.5 Å². The van der Waals surface area contributed by atoms with Crippen LogP contribution in [0.3, 0.4) is 0 Å². The van der Waals surface area contributed by atoms with Gasteiger partial charge in [0.2, 0.25) is 5.91 Å². The Hall–Kier alpha value is -3.10. The molecule has 0 atom stereocenters. The normalized spacial score (nSPS) is 10.9. The van der Waals surface area contributed by atoms with Gasteiger partial charge in [-0.2, -0.15) is 5.10 Å². The molecule has 2 aromatic carbocycles. The molecule has 0 aliphatic heterocycles. The quantitative estimate of drug-likeness (QED) is 0.409. The van der Waals surface area contributed by atoms with E-state index in [1.165, 1.54) is 11.8 Å². The lowest BCUT2D eigenvalue weighted by molar-refractivity contribution is -0.113. The van der Waals surface area contributed by atoms with Crippen LogP contribution in [0, 0.1) is 0 Å². The molecule has 31 heavy (non-hydrogen) atoms. The summed E-state index contributed by atoms with van der Waals surface area (Å²) in [7, 11) is 1.87. The first-order valence-electron chi connectivity index (χ1n) is 9.76. The summed E-state index contributed by atoms with van der Waals surface area (Å²) in [5, 5.41) is 17.6. The van der Waals surface area contributed by atoms with E-state index in [4.69, 9.17) is 11.6 Å². The number of benzene rings is 2. The molecule has 1 amide bonds. The maximum atomic E-state index is 12.3. The largest absolute Gasteiger partial charge is 0.325 e. The van der Waals surface area contributed by atoms with Gasteiger partial charge in [0.25, 0.3) is 0 Å². The minimum absolute atomic E-state index is 0.0911. The fourth-order valence-corrected chi connectivity index (χ4v) is 4.13. The van der Waals surface area contributed by atoms with Gasteiger partial charge >= 0.3 is 0 Å². The Bertz CT molecular complexity index is 1190. The van der Waals surface area contributed by atoms with Gasteiger partial charge in [-0.3, -0.25) is 9.48 Å². The second-order valence-corrected chi connectivity index (χ2v) is 8.20. The van der Waals surface area contributed by atoms with Crippen molar-refractivity contribution in [3.63, 3.8) is 0 Å². The zero-order chi connectivity index (χ0) is 21.8. The van der Waals surface area contributed by atoms with Gasteiger partial charge < -0.3 is 9.88 Å². The molecule has 0 radical (unpaired) electrons. The smallest absolute Gasteiger partial charge is 0.234 e. The average Bonchev–Trinajstić information content (AvgIpc) is 3.36. The number of rotatable bonds is 7. The lowest BCUT2D eigenvalue weighted by atomic mass is 10.1. The molecule has 0 aliphatic carbocycles. The number of amides is 1. The number of hydrogen-bond acceptors (Lipinski definition) is 5. The Morgan fingerprint density at radius 2 is 1.84 bits per heavy atom. The van der Waals surface area contributed by atoms with Crippen LogP contribution in [0.25, 0.3) is 22.6 Å². The van der Waals surface area contributed by atoms with E-state index in [2.05, 4.69) is 20.6 Å². The number of carbonyl (C=O) groups is 1. The van der Waals surface area contributed by atoms with E-state index in [-0.39, 0.29) is 11.7 Å². The number of aryl methyl sites for hydroxylation is 1. The average molecular weight is 453 g/mol. The summed E-state index contributed by atoms with van der Waals surface area (Å²) in [6.45, 7) is 2.69. The summed E-state index contributed by atoms with van der Waals surface area (Å²) < 4.78 is 3.75. The molecule has 0 saturated heterocycles. The van der Waals surface area contributed by atoms with Crippen molar-refractivity contribution >= 4 is 35.0 Å². The molecule has 0 saturated carbocycles. The SMILES string of the molecule is CCn1c(SCC(=O)Nc2ccccc2)nnc1-c1cn(C)nc1-c1ccc(Cl)cc1. The highest BCUT2D eigenvalue weighted by atomic mass is 35.5. The van der Waals surface area contributed by atoms with Crippen molar-refractivity contribution in [1.82, 2.24) is 24.5 Å². The Labute approximate surface area is 189 Å².